The summed E-state index contributed by atoms with van der Waals surface area (Å²) in [6.07, 6.45) is 5.45. The number of rotatable bonds is 5. The van der Waals surface area contributed by atoms with Crippen LogP contribution in [0.2, 0.25) is 0 Å². The van der Waals surface area contributed by atoms with Gasteiger partial charge in [0.2, 0.25) is 5.91 Å². The van der Waals surface area contributed by atoms with Crippen LogP contribution in [0.4, 0.5) is 0 Å². The van der Waals surface area contributed by atoms with E-state index < -0.39 is 0 Å². The highest BCUT2D eigenvalue weighted by molar-refractivity contribution is 5.80. The van der Waals surface area contributed by atoms with E-state index in [0.717, 1.165) is 32.2 Å². The van der Waals surface area contributed by atoms with Crippen LogP contribution >= 0.6 is 0 Å². The number of aryl methyl sites for hydroxylation is 1. The first kappa shape index (κ1) is 13.4. The Balaban J connectivity index is 1.51. The lowest BCUT2D eigenvalue weighted by Gasteiger charge is -2.26. The van der Waals surface area contributed by atoms with Crippen LogP contribution in [0.3, 0.4) is 0 Å². The number of phenols is 1. The Hall–Kier alpha value is -1.55. The van der Waals surface area contributed by atoms with Crippen molar-refractivity contribution in [2.45, 2.75) is 38.1 Å². The van der Waals surface area contributed by atoms with Crippen LogP contribution in [0.1, 0.15) is 42.9 Å². The van der Waals surface area contributed by atoms with Crippen molar-refractivity contribution in [3.63, 3.8) is 0 Å². The standard InChI is InChI=1S/C16H22N2O2/c19-13-7-6-11-2-1-3-15(14(11)10-13)17-8-9-18-16(20)12-4-5-12/h6-7,10,12,15,17,19H,1-5,8-9H2,(H,18,20). The molecule has 1 aromatic carbocycles. The Morgan fingerprint density at radius 3 is 2.90 bits per heavy atom. The minimum Gasteiger partial charge on any atom is -0.508 e. The van der Waals surface area contributed by atoms with Crippen molar-refractivity contribution in [2.75, 3.05) is 13.1 Å². The lowest BCUT2D eigenvalue weighted by molar-refractivity contribution is -0.122. The number of phenolic OH excluding ortho intramolecular Hbond substituents is 1. The molecule has 2 aliphatic carbocycles. The summed E-state index contributed by atoms with van der Waals surface area (Å²) in [5.74, 6) is 0.815. The molecule has 0 heterocycles. The molecule has 0 spiro atoms. The second-order valence-corrected chi connectivity index (χ2v) is 5.85. The molecule has 3 N–H and O–H groups in total. The van der Waals surface area contributed by atoms with Crippen LogP contribution in [0, 0.1) is 5.92 Å². The molecular weight excluding hydrogens is 252 g/mol. The average Bonchev–Trinajstić information content (AvgIpc) is 3.28. The summed E-state index contributed by atoms with van der Waals surface area (Å²) in [4.78, 5) is 11.5. The highest BCUT2D eigenvalue weighted by Gasteiger charge is 2.29. The topological polar surface area (TPSA) is 61.4 Å². The van der Waals surface area contributed by atoms with Crippen LogP contribution in [-0.2, 0) is 11.2 Å². The molecule has 0 bridgehead atoms. The summed E-state index contributed by atoms with van der Waals surface area (Å²) in [5, 5.41) is 16.1. The zero-order valence-electron chi connectivity index (χ0n) is 11.7. The van der Waals surface area contributed by atoms with Crippen LogP contribution in [0.15, 0.2) is 18.2 Å². The number of carbonyl (C=O) groups is 1. The molecule has 0 aromatic heterocycles. The van der Waals surface area contributed by atoms with Gasteiger partial charge >= 0.3 is 0 Å². The first-order valence-electron chi connectivity index (χ1n) is 7.57. The summed E-state index contributed by atoms with van der Waals surface area (Å²) in [6.45, 7) is 1.46. The summed E-state index contributed by atoms with van der Waals surface area (Å²) in [7, 11) is 0. The summed E-state index contributed by atoms with van der Waals surface area (Å²) in [6, 6.07) is 5.95. The van der Waals surface area contributed by atoms with Crippen molar-refractivity contribution in [2.24, 2.45) is 5.92 Å². The fraction of sp³-hybridized carbons (Fsp3) is 0.562. The van der Waals surface area contributed by atoms with Crippen molar-refractivity contribution in [1.82, 2.24) is 10.6 Å². The fourth-order valence-corrected chi connectivity index (χ4v) is 2.92. The highest BCUT2D eigenvalue weighted by atomic mass is 16.3. The van der Waals surface area contributed by atoms with Crippen molar-refractivity contribution < 1.29 is 9.90 Å². The molecule has 0 saturated heterocycles. The molecule has 1 atom stereocenters. The first-order valence-corrected chi connectivity index (χ1v) is 7.57. The lowest BCUT2D eigenvalue weighted by Crippen LogP contribution is -2.35. The van der Waals surface area contributed by atoms with Gasteiger partial charge in [0.15, 0.2) is 0 Å². The van der Waals surface area contributed by atoms with E-state index in [0.29, 0.717) is 18.3 Å². The maximum Gasteiger partial charge on any atom is 0.223 e. The third-order valence-corrected chi connectivity index (χ3v) is 4.21. The molecule has 1 fully saturated rings. The zero-order chi connectivity index (χ0) is 13.9. The van der Waals surface area contributed by atoms with E-state index >= 15 is 0 Å². The van der Waals surface area contributed by atoms with E-state index in [2.05, 4.69) is 10.6 Å². The van der Waals surface area contributed by atoms with Crippen molar-refractivity contribution >= 4 is 5.91 Å². The van der Waals surface area contributed by atoms with Crippen LogP contribution < -0.4 is 10.6 Å². The molecule has 0 radical (unpaired) electrons. The second-order valence-electron chi connectivity index (χ2n) is 5.85. The molecule has 1 saturated carbocycles. The van der Waals surface area contributed by atoms with Gasteiger partial charge in [-0.2, -0.15) is 0 Å². The predicted molar refractivity (Wildman–Crippen MR) is 77.5 cm³/mol. The Morgan fingerprint density at radius 2 is 2.10 bits per heavy atom. The number of nitrogens with one attached hydrogen (secondary N) is 2. The Bertz CT molecular complexity index is 497. The quantitative estimate of drug-likeness (QED) is 0.719. The summed E-state index contributed by atoms with van der Waals surface area (Å²) >= 11 is 0. The van der Waals surface area contributed by atoms with Crippen LogP contribution in [-0.4, -0.2) is 24.1 Å². The molecule has 3 rings (SSSR count). The predicted octanol–water partition coefficient (Wildman–Crippen LogP) is 1.89. The third kappa shape index (κ3) is 3.12. The van der Waals surface area contributed by atoms with Crippen LogP contribution in [0.25, 0.3) is 0 Å². The van der Waals surface area contributed by atoms with Crippen LogP contribution in [0.5, 0.6) is 5.75 Å². The SMILES string of the molecule is O=C(NCCNC1CCCc2ccc(O)cc21)C1CC1. The Morgan fingerprint density at radius 1 is 1.25 bits per heavy atom. The van der Waals surface area contributed by atoms with Gasteiger partial charge in [0, 0.05) is 25.0 Å². The van der Waals surface area contributed by atoms with Crippen molar-refractivity contribution in [3.8, 4) is 5.75 Å². The van der Waals surface area contributed by atoms with Gasteiger partial charge < -0.3 is 15.7 Å². The number of hydrogen-bond donors (Lipinski definition) is 3. The molecule has 2 aliphatic rings. The van der Waals surface area contributed by atoms with Gasteiger partial charge in [0.25, 0.3) is 0 Å². The van der Waals surface area contributed by atoms with E-state index in [4.69, 9.17) is 0 Å². The largest absolute Gasteiger partial charge is 0.508 e. The molecule has 1 unspecified atom stereocenters. The first-order chi connectivity index (χ1) is 9.74. The molecule has 1 amide bonds. The summed E-state index contributed by atoms with van der Waals surface area (Å²) < 4.78 is 0. The maximum atomic E-state index is 11.5. The van der Waals surface area contributed by atoms with Gasteiger partial charge in [0.1, 0.15) is 5.75 Å². The van der Waals surface area contributed by atoms with E-state index in [1.165, 1.54) is 17.5 Å². The van der Waals surface area contributed by atoms with Crippen molar-refractivity contribution in [3.05, 3.63) is 29.3 Å². The molecule has 4 heteroatoms. The van der Waals surface area contributed by atoms with Gasteiger partial charge in [-0.3, -0.25) is 4.79 Å². The minimum absolute atomic E-state index is 0.202. The number of aromatic hydroxyl groups is 1. The van der Waals surface area contributed by atoms with Gasteiger partial charge in [-0.05, 0) is 55.4 Å². The number of hydrogen-bond acceptors (Lipinski definition) is 3. The van der Waals surface area contributed by atoms with E-state index in [9.17, 15) is 9.90 Å². The van der Waals surface area contributed by atoms with Gasteiger partial charge in [-0.1, -0.05) is 6.07 Å². The third-order valence-electron chi connectivity index (χ3n) is 4.21. The number of amides is 1. The molecule has 20 heavy (non-hydrogen) atoms. The Kier molecular flexibility index (Phi) is 3.92. The van der Waals surface area contributed by atoms with Crippen molar-refractivity contribution in [1.29, 1.82) is 0 Å². The summed E-state index contributed by atoms with van der Waals surface area (Å²) in [5.41, 5.74) is 2.54. The monoisotopic (exact) mass is 274 g/mol. The van der Waals surface area contributed by atoms with E-state index in [1.807, 2.05) is 12.1 Å². The molecule has 1 aromatic rings. The minimum atomic E-state index is 0.202. The molecule has 108 valence electrons. The number of carbonyl (C=O) groups excluding carboxylic acids is 1. The highest BCUT2D eigenvalue weighted by Crippen LogP contribution is 2.32. The normalized spacial score (nSPS) is 21.3. The smallest absolute Gasteiger partial charge is 0.223 e. The molecule has 0 aliphatic heterocycles. The average molecular weight is 274 g/mol. The van der Waals surface area contributed by atoms with Gasteiger partial charge in [-0.25, -0.2) is 0 Å². The second kappa shape index (κ2) is 5.83. The number of fused-ring (bicyclic) bond motifs is 1. The molecule has 4 nitrogen and oxygen atoms in total. The molecular formula is C16H22N2O2. The van der Waals surface area contributed by atoms with E-state index in [-0.39, 0.29) is 11.8 Å². The lowest BCUT2D eigenvalue weighted by atomic mass is 9.87. The zero-order valence-corrected chi connectivity index (χ0v) is 11.7. The maximum absolute atomic E-state index is 11.5. The van der Waals surface area contributed by atoms with Gasteiger partial charge in [0.05, 0.1) is 0 Å². The van der Waals surface area contributed by atoms with E-state index in [1.54, 1.807) is 6.07 Å². The number of benzene rings is 1. The van der Waals surface area contributed by atoms with Gasteiger partial charge in [-0.15, -0.1) is 0 Å². The fourth-order valence-electron chi connectivity index (χ4n) is 2.92. The Labute approximate surface area is 119 Å².